The molecule has 3 N–H and O–H groups in total. The van der Waals surface area contributed by atoms with E-state index in [2.05, 4.69) is 60.7 Å². The van der Waals surface area contributed by atoms with Gasteiger partial charge in [0, 0.05) is 29.8 Å². The predicted molar refractivity (Wildman–Crippen MR) is 201 cm³/mol. The van der Waals surface area contributed by atoms with E-state index in [1.165, 1.54) is 31.3 Å². The molecule has 6 aliphatic rings. The van der Waals surface area contributed by atoms with Crippen molar-refractivity contribution in [3.05, 3.63) is 11.1 Å². The molecule has 7 nitrogen and oxygen atoms in total. The lowest BCUT2D eigenvalue weighted by atomic mass is 9.33. The van der Waals surface area contributed by atoms with Gasteiger partial charge in [0.25, 0.3) is 0 Å². The average molecular weight is 710 g/mol. The van der Waals surface area contributed by atoms with Crippen LogP contribution in [0.5, 0.6) is 0 Å². The predicted octanol–water partition coefficient (Wildman–Crippen LogP) is 8.91. The van der Waals surface area contributed by atoms with E-state index in [9.17, 15) is 24.6 Å². The first-order valence-electron chi connectivity index (χ1n) is 20.8. The molecule has 0 spiro atoms. The van der Waals surface area contributed by atoms with Gasteiger partial charge in [-0.15, -0.1) is 0 Å². The zero-order chi connectivity index (χ0) is 37.5. The molecule has 51 heavy (non-hydrogen) atoms. The van der Waals surface area contributed by atoms with E-state index in [1.54, 1.807) is 13.8 Å². The number of carboxylic acid groups (broad SMARTS) is 1. The molecule has 0 radical (unpaired) electrons. The standard InChI is InChI=1S/C44H71NO6/c1-26(2)36-30(46)23-44(33(47)25-45-29-14-12-11-13-27(29)3)22-21-42(9)28(37(36)44)15-16-32-41(8)19-18-34(51-35(48)24-39(4,5)38(49)50)40(6,7)31(41)17-20-43(32,42)10/h26-29,31-34,45,47H,11-25H2,1-10H3,(H,49,50)/t27?,28-,29?,31?,32?,33-,34+,41+,42-,43-,44+/m1/s1. The highest BCUT2D eigenvalue weighted by molar-refractivity contribution is 6.00. The third-order valence-electron chi connectivity index (χ3n) is 17.2. The number of fused-ring (bicyclic) bond motifs is 7. The summed E-state index contributed by atoms with van der Waals surface area (Å²) in [7, 11) is 0. The molecule has 288 valence electrons. The number of carbonyl (C=O) groups excluding carboxylic acids is 2. The molecule has 7 heteroatoms. The number of aliphatic hydroxyl groups excluding tert-OH is 1. The van der Waals surface area contributed by atoms with Crippen LogP contribution in [0.25, 0.3) is 0 Å². The SMILES string of the molecule is CC(C)C1=C2[C@H]3CCC4[C@@]5(C)CC[C@H](OC(=O)CC(C)(C)C(=O)O)C(C)(C)C5CC[C@@]4(C)[C@]3(C)CC[C@@]2([C@H](O)CNC2CCCCC2C)CC1=O. The third-order valence-corrected chi connectivity index (χ3v) is 17.2. The Morgan fingerprint density at radius 2 is 1.59 bits per heavy atom. The lowest BCUT2D eigenvalue weighted by molar-refractivity contribution is -0.235. The highest BCUT2D eigenvalue weighted by Gasteiger charge is 2.70. The van der Waals surface area contributed by atoms with Crippen molar-refractivity contribution >= 4 is 17.7 Å². The van der Waals surface area contributed by atoms with Crippen LogP contribution in [0.2, 0.25) is 0 Å². The van der Waals surface area contributed by atoms with Gasteiger partial charge >= 0.3 is 11.9 Å². The molecule has 0 aromatic heterocycles. The normalized spacial score (nSPS) is 42.8. The van der Waals surface area contributed by atoms with E-state index in [0.29, 0.717) is 42.7 Å². The largest absolute Gasteiger partial charge is 0.481 e. The fraction of sp³-hybridized carbons (Fsp3) is 0.886. The summed E-state index contributed by atoms with van der Waals surface area (Å²) in [4.78, 5) is 38.9. The molecular weight excluding hydrogens is 638 g/mol. The summed E-state index contributed by atoms with van der Waals surface area (Å²) in [5, 5.41) is 25.7. The van der Waals surface area contributed by atoms with Crippen molar-refractivity contribution in [3.8, 4) is 0 Å². The van der Waals surface area contributed by atoms with Crippen LogP contribution in [-0.4, -0.2) is 52.7 Å². The van der Waals surface area contributed by atoms with E-state index < -0.39 is 28.9 Å². The highest BCUT2D eigenvalue weighted by atomic mass is 16.5. The van der Waals surface area contributed by atoms with E-state index in [1.807, 2.05) is 0 Å². The maximum absolute atomic E-state index is 14.1. The van der Waals surface area contributed by atoms with Crippen LogP contribution in [-0.2, 0) is 19.1 Å². The summed E-state index contributed by atoms with van der Waals surface area (Å²) in [5.41, 5.74) is 0.724. The van der Waals surface area contributed by atoms with Gasteiger partial charge in [-0.1, -0.05) is 73.8 Å². The van der Waals surface area contributed by atoms with Gasteiger partial charge in [-0.25, -0.2) is 0 Å². The Balaban J connectivity index is 1.27. The number of Topliss-reactive ketones (excluding diaryl/α,β-unsaturated/α-hetero) is 1. The highest BCUT2D eigenvalue weighted by Crippen LogP contribution is 2.77. The summed E-state index contributed by atoms with van der Waals surface area (Å²) in [5.74, 6) is 0.846. The van der Waals surface area contributed by atoms with Gasteiger partial charge in [-0.3, -0.25) is 14.4 Å². The molecule has 11 atom stereocenters. The van der Waals surface area contributed by atoms with Gasteiger partial charge in [0.1, 0.15) is 6.10 Å². The number of aliphatic carboxylic acids is 1. The maximum atomic E-state index is 14.1. The minimum Gasteiger partial charge on any atom is -0.481 e. The van der Waals surface area contributed by atoms with E-state index in [4.69, 9.17) is 4.74 Å². The van der Waals surface area contributed by atoms with Gasteiger partial charge in [0.15, 0.2) is 5.78 Å². The lowest BCUT2D eigenvalue weighted by Crippen LogP contribution is -2.66. The third kappa shape index (κ3) is 6.00. The number of hydrogen-bond donors (Lipinski definition) is 3. The van der Waals surface area contributed by atoms with Crippen molar-refractivity contribution < 1.29 is 29.3 Å². The van der Waals surface area contributed by atoms with Gasteiger partial charge in [-0.2, -0.15) is 0 Å². The first-order chi connectivity index (χ1) is 23.7. The molecule has 0 aromatic carbocycles. The first kappa shape index (κ1) is 39.0. The zero-order valence-electron chi connectivity index (χ0n) is 33.8. The topological polar surface area (TPSA) is 113 Å². The van der Waals surface area contributed by atoms with E-state index in [-0.39, 0.29) is 45.9 Å². The van der Waals surface area contributed by atoms with Gasteiger partial charge in [0.2, 0.25) is 0 Å². The number of aliphatic hydroxyl groups is 1. The molecule has 5 fully saturated rings. The molecule has 0 heterocycles. The summed E-state index contributed by atoms with van der Waals surface area (Å²) in [6.45, 7) is 22.7. The second kappa shape index (κ2) is 13.2. The van der Waals surface area contributed by atoms with Crippen molar-refractivity contribution in [2.24, 2.45) is 62.1 Å². The van der Waals surface area contributed by atoms with Crippen LogP contribution in [0.1, 0.15) is 159 Å². The summed E-state index contributed by atoms with van der Waals surface area (Å²) < 4.78 is 6.17. The summed E-state index contributed by atoms with van der Waals surface area (Å²) >= 11 is 0. The number of ketones is 1. The smallest absolute Gasteiger partial charge is 0.309 e. The minimum absolute atomic E-state index is 0.0222. The monoisotopic (exact) mass is 710 g/mol. The Bertz CT molecular complexity index is 1430. The molecule has 0 saturated heterocycles. The van der Waals surface area contributed by atoms with Gasteiger partial charge in [0.05, 0.1) is 17.9 Å². The molecule has 6 rings (SSSR count). The number of nitrogens with one attached hydrogen (secondary N) is 1. The molecule has 0 aromatic rings. The van der Waals surface area contributed by atoms with Crippen LogP contribution in [0.4, 0.5) is 0 Å². The number of hydrogen-bond acceptors (Lipinski definition) is 6. The van der Waals surface area contributed by atoms with Crippen LogP contribution in [0, 0.1) is 62.1 Å². The second-order valence-corrected chi connectivity index (χ2v) is 20.8. The molecule has 4 unspecified atom stereocenters. The minimum atomic E-state index is -1.15. The van der Waals surface area contributed by atoms with Crippen molar-refractivity contribution in [2.75, 3.05) is 6.54 Å². The molecule has 0 bridgehead atoms. The number of ether oxygens (including phenoxy) is 1. The van der Waals surface area contributed by atoms with Crippen LogP contribution < -0.4 is 5.32 Å². The van der Waals surface area contributed by atoms with E-state index in [0.717, 1.165) is 56.9 Å². The first-order valence-corrected chi connectivity index (χ1v) is 20.8. The van der Waals surface area contributed by atoms with Crippen molar-refractivity contribution in [1.82, 2.24) is 5.32 Å². The lowest BCUT2D eigenvalue weighted by Gasteiger charge is -2.72. The fourth-order valence-corrected chi connectivity index (χ4v) is 14.0. The van der Waals surface area contributed by atoms with Crippen LogP contribution in [0.15, 0.2) is 11.1 Å². The number of esters is 1. The second-order valence-electron chi connectivity index (χ2n) is 20.8. The van der Waals surface area contributed by atoms with Crippen molar-refractivity contribution in [1.29, 1.82) is 0 Å². The van der Waals surface area contributed by atoms with Crippen LogP contribution >= 0.6 is 0 Å². The molecule has 0 aliphatic heterocycles. The fourth-order valence-electron chi connectivity index (χ4n) is 14.0. The Hall–Kier alpha value is -1.73. The molecular formula is C44H71NO6. The maximum Gasteiger partial charge on any atom is 0.309 e. The summed E-state index contributed by atoms with van der Waals surface area (Å²) in [6, 6.07) is 0.442. The molecule has 5 saturated carbocycles. The van der Waals surface area contributed by atoms with Gasteiger partial charge in [-0.05, 0) is 129 Å². The Labute approximate surface area is 308 Å². The Morgan fingerprint density at radius 1 is 0.902 bits per heavy atom. The van der Waals surface area contributed by atoms with Crippen molar-refractivity contribution in [2.45, 2.75) is 177 Å². The number of carbonyl (C=O) groups is 3. The zero-order valence-corrected chi connectivity index (χ0v) is 33.8. The number of allylic oxidation sites excluding steroid dienone is 1. The van der Waals surface area contributed by atoms with Gasteiger partial charge < -0.3 is 20.3 Å². The quantitative estimate of drug-likeness (QED) is 0.205. The Kier molecular flexibility index (Phi) is 10.1. The van der Waals surface area contributed by atoms with E-state index >= 15 is 0 Å². The summed E-state index contributed by atoms with van der Waals surface area (Å²) in [6.07, 6.45) is 12.6. The molecule has 0 amide bonds. The van der Waals surface area contributed by atoms with Crippen molar-refractivity contribution in [3.63, 3.8) is 0 Å². The number of rotatable bonds is 9. The molecule has 6 aliphatic carbocycles. The average Bonchev–Trinajstić information content (AvgIpc) is 3.35. The number of carboxylic acids is 1. The van der Waals surface area contributed by atoms with Crippen LogP contribution in [0.3, 0.4) is 0 Å². The Morgan fingerprint density at radius 3 is 2.24 bits per heavy atom.